The summed E-state index contributed by atoms with van der Waals surface area (Å²) in [5.74, 6) is 1.52. The van der Waals surface area contributed by atoms with Gasteiger partial charge in [0.1, 0.15) is 18.1 Å². The molecule has 1 N–H and O–H groups in total. The third kappa shape index (κ3) is 5.31. The lowest BCUT2D eigenvalue weighted by molar-refractivity contribution is 0.207. The van der Waals surface area contributed by atoms with Crippen molar-refractivity contribution in [3.63, 3.8) is 0 Å². The monoisotopic (exact) mass is 343 g/mol. The number of hydrogen-bond acceptors (Lipinski definition) is 4. The van der Waals surface area contributed by atoms with E-state index in [-0.39, 0.29) is 6.03 Å². The molecule has 2 aromatic carbocycles. The Kier molecular flexibility index (Phi) is 6.51. The summed E-state index contributed by atoms with van der Waals surface area (Å²) in [6, 6.07) is 14.9. The Morgan fingerprint density at radius 3 is 2.28 bits per heavy atom. The van der Waals surface area contributed by atoms with Crippen LogP contribution < -0.4 is 19.7 Å². The molecular formula is C19H25N3O3. The van der Waals surface area contributed by atoms with Crippen molar-refractivity contribution >= 4 is 17.4 Å². The second kappa shape index (κ2) is 8.82. The zero-order valence-corrected chi connectivity index (χ0v) is 15.2. The smallest absolute Gasteiger partial charge is 0.321 e. The van der Waals surface area contributed by atoms with E-state index in [1.165, 1.54) is 0 Å². The molecule has 0 radical (unpaired) electrons. The van der Waals surface area contributed by atoms with Crippen LogP contribution in [-0.2, 0) is 0 Å². The fraction of sp³-hybridized carbons (Fsp3) is 0.316. The van der Waals surface area contributed by atoms with E-state index in [2.05, 4.69) is 5.32 Å². The van der Waals surface area contributed by atoms with Gasteiger partial charge in [0.15, 0.2) is 0 Å². The van der Waals surface area contributed by atoms with Crippen LogP contribution in [-0.4, -0.2) is 52.3 Å². The summed E-state index contributed by atoms with van der Waals surface area (Å²) in [5, 5.41) is 2.93. The fourth-order valence-electron chi connectivity index (χ4n) is 2.25. The molecule has 0 spiro atoms. The quantitative estimate of drug-likeness (QED) is 0.838. The maximum atomic E-state index is 12.3. The third-order valence-corrected chi connectivity index (χ3v) is 3.73. The molecular weight excluding hydrogens is 318 g/mol. The Bertz CT molecular complexity index is 687. The Hall–Kier alpha value is -2.89. The molecule has 2 aromatic rings. The van der Waals surface area contributed by atoms with Gasteiger partial charge in [-0.25, -0.2) is 4.79 Å². The van der Waals surface area contributed by atoms with Crippen LogP contribution in [0.2, 0.25) is 0 Å². The molecule has 2 rings (SSSR count). The normalized spacial score (nSPS) is 10.1. The first-order valence-corrected chi connectivity index (χ1v) is 8.06. The number of rotatable bonds is 7. The fourth-order valence-corrected chi connectivity index (χ4v) is 2.25. The molecule has 6 nitrogen and oxygen atoms in total. The summed E-state index contributed by atoms with van der Waals surface area (Å²) < 4.78 is 10.8. The summed E-state index contributed by atoms with van der Waals surface area (Å²) in [4.78, 5) is 15.9. The third-order valence-electron chi connectivity index (χ3n) is 3.73. The molecule has 0 aliphatic carbocycles. The van der Waals surface area contributed by atoms with Crippen molar-refractivity contribution in [1.29, 1.82) is 0 Å². The number of para-hydroxylation sites is 2. The average molecular weight is 343 g/mol. The largest absolute Gasteiger partial charge is 0.497 e. The van der Waals surface area contributed by atoms with Gasteiger partial charge in [-0.05, 0) is 36.4 Å². The van der Waals surface area contributed by atoms with Gasteiger partial charge < -0.3 is 24.6 Å². The van der Waals surface area contributed by atoms with Crippen LogP contribution in [0.25, 0.3) is 0 Å². The van der Waals surface area contributed by atoms with E-state index in [1.54, 1.807) is 19.1 Å². The Labute approximate surface area is 149 Å². The molecule has 0 saturated heterocycles. The molecule has 2 amide bonds. The van der Waals surface area contributed by atoms with Crippen molar-refractivity contribution in [2.45, 2.75) is 0 Å². The number of benzene rings is 2. The molecule has 0 aromatic heterocycles. The van der Waals surface area contributed by atoms with Gasteiger partial charge in [-0.2, -0.15) is 0 Å². The summed E-state index contributed by atoms with van der Waals surface area (Å²) in [6.07, 6.45) is 0. The minimum absolute atomic E-state index is 0.173. The lowest BCUT2D eigenvalue weighted by Crippen LogP contribution is -2.34. The molecule has 6 heteroatoms. The highest BCUT2D eigenvalue weighted by Crippen LogP contribution is 2.23. The van der Waals surface area contributed by atoms with Gasteiger partial charge in [-0.3, -0.25) is 0 Å². The number of nitrogens with zero attached hydrogens (tertiary/aromatic N) is 2. The molecule has 0 bridgehead atoms. The molecule has 0 heterocycles. The van der Waals surface area contributed by atoms with Gasteiger partial charge in [0.05, 0.1) is 25.0 Å². The number of anilines is 2. The van der Waals surface area contributed by atoms with Gasteiger partial charge in [0, 0.05) is 21.1 Å². The van der Waals surface area contributed by atoms with Gasteiger partial charge in [-0.15, -0.1) is 0 Å². The van der Waals surface area contributed by atoms with Crippen molar-refractivity contribution in [2.24, 2.45) is 0 Å². The van der Waals surface area contributed by atoms with Crippen LogP contribution >= 0.6 is 0 Å². The first kappa shape index (κ1) is 18.4. The molecule has 0 aliphatic rings. The molecule has 0 saturated carbocycles. The first-order valence-electron chi connectivity index (χ1n) is 8.06. The molecule has 134 valence electrons. The topological polar surface area (TPSA) is 54.0 Å². The number of amides is 2. The lowest BCUT2D eigenvalue weighted by Gasteiger charge is -2.21. The summed E-state index contributed by atoms with van der Waals surface area (Å²) in [6.45, 7) is 0.883. The van der Waals surface area contributed by atoms with Gasteiger partial charge >= 0.3 is 6.03 Å². The standard InChI is InChI=1S/C19H25N3O3/c1-21(2)18-8-6-5-7-17(18)20-19(23)22(3)13-14-25-16-11-9-15(24-4)10-12-16/h5-12H,13-14H2,1-4H3,(H,20,23). The summed E-state index contributed by atoms with van der Waals surface area (Å²) in [5.41, 5.74) is 1.74. The van der Waals surface area contributed by atoms with Gasteiger partial charge in [-0.1, -0.05) is 12.1 Å². The van der Waals surface area contributed by atoms with E-state index in [0.29, 0.717) is 13.2 Å². The molecule has 0 unspecified atom stereocenters. The summed E-state index contributed by atoms with van der Waals surface area (Å²) >= 11 is 0. The predicted octanol–water partition coefficient (Wildman–Crippen LogP) is 3.30. The molecule has 0 atom stereocenters. The highest BCUT2D eigenvalue weighted by molar-refractivity contribution is 5.93. The van der Waals surface area contributed by atoms with Crippen molar-refractivity contribution in [2.75, 3.05) is 51.6 Å². The number of hydrogen-bond donors (Lipinski definition) is 1. The Morgan fingerprint density at radius 1 is 1.00 bits per heavy atom. The van der Waals surface area contributed by atoms with Crippen LogP contribution in [0.1, 0.15) is 0 Å². The van der Waals surface area contributed by atoms with Crippen molar-refractivity contribution in [1.82, 2.24) is 4.90 Å². The van der Waals surface area contributed by atoms with Gasteiger partial charge in [0.2, 0.25) is 0 Å². The minimum atomic E-state index is -0.173. The Morgan fingerprint density at radius 2 is 1.64 bits per heavy atom. The van der Waals surface area contributed by atoms with E-state index in [0.717, 1.165) is 22.9 Å². The van der Waals surface area contributed by atoms with E-state index in [1.807, 2.05) is 67.5 Å². The number of urea groups is 1. The van der Waals surface area contributed by atoms with Gasteiger partial charge in [0.25, 0.3) is 0 Å². The van der Waals surface area contributed by atoms with Crippen LogP contribution in [0.5, 0.6) is 11.5 Å². The zero-order chi connectivity index (χ0) is 18.2. The zero-order valence-electron chi connectivity index (χ0n) is 15.2. The predicted molar refractivity (Wildman–Crippen MR) is 101 cm³/mol. The first-order chi connectivity index (χ1) is 12.0. The van der Waals surface area contributed by atoms with Crippen LogP contribution in [0.15, 0.2) is 48.5 Å². The van der Waals surface area contributed by atoms with Crippen LogP contribution in [0, 0.1) is 0 Å². The SMILES string of the molecule is COc1ccc(OCCN(C)C(=O)Nc2ccccc2N(C)C)cc1. The average Bonchev–Trinajstić information content (AvgIpc) is 2.62. The number of methoxy groups -OCH3 is 1. The number of ether oxygens (including phenoxy) is 2. The van der Waals surface area contributed by atoms with E-state index >= 15 is 0 Å². The molecule has 0 fully saturated rings. The highest BCUT2D eigenvalue weighted by Gasteiger charge is 2.12. The molecule has 0 aliphatic heterocycles. The highest BCUT2D eigenvalue weighted by atomic mass is 16.5. The van der Waals surface area contributed by atoms with Crippen molar-refractivity contribution in [3.05, 3.63) is 48.5 Å². The van der Waals surface area contributed by atoms with E-state index in [4.69, 9.17) is 9.47 Å². The number of likely N-dealkylation sites (N-methyl/N-ethyl adjacent to an activating group) is 1. The number of nitrogens with one attached hydrogen (secondary N) is 1. The van der Waals surface area contributed by atoms with Crippen LogP contribution in [0.4, 0.5) is 16.2 Å². The Balaban J connectivity index is 1.84. The van der Waals surface area contributed by atoms with Crippen molar-refractivity contribution < 1.29 is 14.3 Å². The molecule has 25 heavy (non-hydrogen) atoms. The van der Waals surface area contributed by atoms with E-state index in [9.17, 15) is 4.79 Å². The van der Waals surface area contributed by atoms with Crippen LogP contribution in [0.3, 0.4) is 0 Å². The van der Waals surface area contributed by atoms with E-state index < -0.39 is 0 Å². The number of carbonyl (C=O) groups excluding carboxylic acids is 1. The minimum Gasteiger partial charge on any atom is -0.497 e. The maximum Gasteiger partial charge on any atom is 0.321 e. The second-order valence-electron chi connectivity index (χ2n) is 5.79. The number of carbonyl (C=O) groups is 1. The maximum absolute atomic E-state index is 12.3. The summed E-state index contributed by atoms with van der Waals surface area (Å²) in [7, 11) is 7.25. The van der Waals surface area contributed by atoms with Crippen molar-refractivity contribution in [3.8, 4) is 11.5 Å². The second-order valence-corrected chi connectivity index (χ2v) is 5.79. The lowest BCUT2D eigenvalue weighted by atomic mass is 10.2.